The van der Waals surface area contributed by atoms with E-state index in [-0.39, 0.29) is 5.83 Å². The zero-order chi connectivity index (χ0) is 8.69. The van der Waals surface area contributed by atoms with Gasteiger partial charge in [-0.2, -0.15) is 0 Å². The van der Waals surface area contributed by atoms with Crippen molar-refractivity contribution < 1.29 is 4.39 Å². The van der Waals surface area contributed by atoms with Gasteiger partial charge in [0, 0.05) is 0 Å². The third kappa shape index (κ3) is 7.31. The molecule has 0 saturated carbocycles. The van der Waals surface area contributed by atoms with Gasteiger partial charge in [-0.1, -0.05) is 24.6 Å². The van der Waals surface area contributed by atoms with Crippen LogP contribution in [0.3, 0.4) is 0 Å². The maximum Gasteiger partial charge on any atom is 0.0929 e. The van der Waals surface area contributed by atoms with Crippen LogP contribution in [0.1, 0.15) is 40.0 Å². The zero-order valence-corrected chi connectivity index (χ0v) is 7.65. The molecule has 0 rings (SSSR count). The molecule has 0 saturated heterocycles. The van der Waals surface area contributed by atoms with Gasteiger partial charge < -0.3 is 0 Å². The van der Waals surface area contributed by atoms with E-state index in [0.29, 0.717) is 0 Å². The van der Waals surface area contributed by atoms with E-state index < -0.39 is 0 Å². The summed E-state index contributed by atoms with van der Waals surface area (Å²) in [6, 6.07) is 0. The van der Waals surface area contributed by atoms with E-state index in [1.807, 2.05) is 0 Å². The Hall–Kier alpha value is -0.590. The van der Waals surface area contributed by atoms with Gasteiger partial charge in [-0.25, -0.2) is 4.39 Å². The van der Waals surface area contributed by atoms with Gasteiger partial charge in [0.25, 0.3) is 0 Å². The van der Waals surface area contributed by atoms with Crippen molar-refractivity contribution in [2.24, 2.45) is 0 Å². The molecule has 0 aromatic carbocycles. The van der Waals surface area contributed by atoms with Crippen LogP contribution >= 0.6 is 0 Å². The zero-order valence-electron chi connectivity index (χ0n) is 7.65. The SMILES string of the molecule is CC/C=C(\C)CC/C=C(\C)F. The minimum Gasteiger partial charge on any atom is -0.212 e. The van der Waals surface area contributed by atoms with E-state index in [4.69, 9.17) is 0 Å². The molecule has 1 heteroatoms. The van der Waals surface area contributed by atoms with Crippen molar-refractivity contribution in [3.05, 3.63) is 23.6 Å². The summed E-state index contributed by atoms with van der Waals surface area (Å²) in [6.45, 7) is 5.68. The van der Waals surface area contributed by atoms with Gasteiger partial charge in [-0.05, 0) is 33.1 Å². The van der Waals surface area contributed by atoms with Crippen LogP contribution in [0.25, 0.3) is 0 Å². The van der Waals surface area contributed by atoms with Crippen molar-refractivity contribution in [3.8, 4) is 0 Å². The summed E-state index contributed by atoms with van der Waals surface area (Å²) < 4.78 is 12.2. The normalized spacial score (nSPS) is 13.8. The van der Waals surface area contributed by atoms with E-state index in [9.17, 15) is 4.39 Å². The molecule has 64 valence electrons. The minimum atomic E-state index is -0.0747. The molecule has 0 aliphatic carbocycles. The summed E-state index contributed by atoms with van der Waals surface area (Å²) in [4.78, 5) is 0. The Balaban J connectivity index is 3.54. The van der Waals surface area contributed by atoms with E-state index in [1.165, 1.54) is 12.5 Å². The van der Waals surface area contributed by atoms with Crippen LogP contribution in [0.5, 0.6) is 0 Å². The largest absolute Gasteiger partial charge is 0.212 e. The summed E-state index contributed by atoms with van der Waals surface area (Å²) in [5, 5.41) is 0. The molecule has 0 heterocycles. The van der Waals surface area contributed by atoms with Gasteiger partial charge in [-0.3, -0.25) is 0 Å². The second kappa shape index (κ2) is 6.14. The topological polar surface area (TPSA) is 0 Å². The van der Waals surface area contributed by atoms with Crippen molar-refractivity contribution >= 4 is 0 Å². The molecule has 11 heavy (non-hydrogen) atoms. The standard InChI is InChI=1S/C10H17F/c1-4-6-9(2)7-5-8-10(3)11/h6,8H,4-5,7H2,1-3H3/b9-6+,10-8+. The summed E-state index contributed by atoms with van der Waals surface area (Å²) in [5.41, 5.74) is 1.35. The van der Waals surface area contributed by atoms with Crippen LogP contribution in [0, 0.1) is 0 Å². The lowest BCUT2D eigenvalue weighted by atomic mass is 10.1. The fraction of sp³-hybridized carbons (Fsp3) is 0.600. The monoisotopic (exact) mass is 156 g/mol. The Morgan fingerprint density at radius 1 is 1.27 bits per heavy atom. The van der Waals surface area contributed by atoms with Crippen molar-refractivity contribution in [1.82, 2.24) is 0 Å². The lowest BCUT2D eigenvalue weighted by Crippen LogP contribution is -1.75. The fourth-order valence-electron chi connectivity index (χ4n) is 0.949. The predicted molar refractivity (Wildman–Crippen MR) is 48.1 cm³/mol. The van der Waals surface area contributed by atoms with Crippen molar-refractivity contribution in [2.75, 3.05) is 0 Å². The first-order valence-corrected chi connectivity index (χ1v) is 4.14. The number of hydrogen-bond donors (Lipinski definition) is 0. The van der Waals surface area contributed by atoms with E-state index in [0.717, 1.165) is 19.3 Å². The van der Waals surface area contributed by atoms with Gasteiger partial charge in [0.15, 0.2) is 0 Å². The third-order valence-electron chi connectivity index (χ3n) is 1.52. The Morgan fingerprint density at radius 2 is 1.91 bits per heavy atom. The molecule has 0 unspecified atom stereocenters. The number of hydrogen-bond acceptors (Lipinski definition) is 0. The number of halogens is 1. The summed E-state index contributed by atoms with van der Waals surface area (Å²) >= 11 is 0. The summed E-state index contributed by atoms with van der Waals surface area (Å²) in [6.07, 6.45) is 6.69. The molecule has 0 bridgehead atoms. The molecule has 0 aliphatic rings. The van der Waals surface area contributed by atoms with Crippen LogP contribution in [-0.4, -0.2) is 0 Å². The van der Waals surface area contributed by atoms with Crippen LogP contribution in [-0.2, 0) is 0 Å². The molecule has 0 amide bonds. The molecule has 0 N–H and O–H groups in total. The highest BCUT2D eigenvalue weighted by Crippen LogP contribution is 2.07. The third-order valence-corrected chi connectivity index (χ3v) is 1.52. The molecule has 0 nitrogen and oxygen atoms in total. The first kappa shape index (κ1) is 10.4. The second-order valence-corrected chi connectivity index (χ2v) is 2.79. The summed E-state index contributed by atoms with van der Waals surface area (Å²) in [5.74, 6) is -0.0747. The number of allylic oxidation sites excluding steroid dienone is 4. The Kier molecular flexibility index (Phi) is 5.81. The highest BCUT2D eigenvalue weighted by atomic mass is 19.1. The highest BCUT2D eigenvalue weighted by Gasteiger charge is 1.87. The lowest BCUT2D eigenvalue weighted by Gasteiger charge is -1.95. The maximum atomic E-state index is 12.2. The van der Waals surface area contributed by atoms with E-state index in [2.05, 4.69) is 19.9 Å². The first-order chi connectivity index (χ1) is 5.16. The van der Waals surface area contributed by atoms with Gasteiger partial charge in [-0.15, -0.1) is 0 Å². The average Bonchev–Trinajstić information content (AvgIpc) is 1.87. The van der Waals surface area contributed by atoms with Crippen LogP contribution < -0.4 is 0 Å². The lowest BCUT2D eigenvalue weighted by molar-refractivity contribution is 0.632. The highest BCUT2D eigenvalue weighted by molar-refractivity contribution is 5.00. The molecule has 0 fully saturated rings. The van der Waals surface area contributed by atoms with Gasteiger partial charge >= 0.3 is 0 Å². The molecular formula is C10H17F. The smallest absolute Gasteiger partial charge is 0.0929 e. The average molecular weight is 156 g/mol. The second-order valence-electron chi connectivity index (χ2n) is 2.79. The molecule has 0 spiro atoms. The first-order valence-electron chi connectivity index (χ1n) is 4.14. The number of rotatable bonds is 4. The molecule has 0 aliphatic heterocycles. The van der Waals surface area contributed by atoms with E-state index >= 15 is 0 Å². The predicted octanol–water partition coefficient (Wildman–Crippen LogP) is 4.00. The molecule has 0 aromatic rings. The van der Waals surface area contributed by atoms with Crippen LogP contribution in [0.4, 0.5) is 4.39 Å². The van der Waals surface area contributed by atoms with Gasteiger partial charge in [0.1, 0.15) is 0 Å². The molecule has 0 aromatic heterocycles. The van der Waals surface area contributed by atoms with Gasteiger partial charge in [0.05, 0.1) is 5.83 Å². The Labute approximate surface area is 68.8 Å². The van der Waals surface area contributed by atoms with Crippen molar-refractivity contribution in [3.63, 3.8) is 0 Å². The van der Waals surface area contributed by atoms with Crippen LogP contribution in [0.15, 0.2) is 23.6 Å². The summed E-state index contributed by atoms with van der Waals surface area (Å²) in [7, 11) is 0. The van der Waals surface area contributed by atoms with Crippen molar-refractivity contribution in [2.45, 2.75) is 40.0 Å². The minimum absolute atomic E-state index is 0.0747. The Morgan fingerprint density at radius 3 is 2.36 bits per heavy atom. The quantitative estimate of drug-likeness (QED) is 0.540. The molecule has 0 atom stereocenters. The molecule has 0 radical (unpaired) electrons. The van der Waals surface area contributed by atoms with Gasteiger partial charge in [0.2, 0.25) is 0 Å². The van der Waals surface area contributed by atoms with Crippen molar-refractivity contribution in [1.29, 1.82) is 0 Å². The maximum absolute atomic E-state index is 12.2. The van der Waals surface area contributed by atoms with E-state index in [1.54, 1.807) is 6.08 Å². The fourth-order valence-corrected chi connectivity index (χ4v) is 0.949. The van der Waals surface area contributed by atoms with Crippen LogP contribution in [0.2, 0.25) is 0 Å². The Bertz CT molecular complexity index is 150. The molecular weight excluding hydrogens is 139 g/mol.